The van der Waals surface area contributed by atoms with E-state index in [9.17, 15) is 28.8 Å². The third-order valence-corrected chi connectivity index (χ3v) is 7.16. The molecule has 0 aromatic carbocycles. The number of unbranched alkanes of at least 4 members (excludes halogenated alkanes) is 4. The Morgan fingerprint density at radius 2 is 1.36 bits per heavy atom. The van der Waals surface area contributed by atoms with Gasteiger partial charge in [0.15, 0.2) is 0 Å². The lowest BCUT2D eigenvalue weighted by Gasteiger charge is -2.27. The molecule has 1 heterocycles. The van der Waals surface area contributed by atoms with Crippen molar-refractivity contribution in [3.8, 4) is 0 Å². The van der Waals surface area contributed by atoms with Crippen LogP contribution in [0.5, 0.6) is 0 Å². The van der Waals surface area contributed by atoms with Crippen LogP contribution in [0.2, 0.25) is 0 Å². The molecule has 10 nitrogen and oxygen atoms in total. The molecule has 1 aliphatic carbocycles. The summed E-state index contributed by atoms with van der Waals surface area (Å²) in [5.74, 6) is -0.508. The number of hydrogen-bond acceptors (Lipinski definition) is 8. The van der Waals surface area contributed by atoms with E-state index in [1.54, 1.807) is 11.9 Å². The largest absolute Gasteiger partial charge is 0.465 e. The van der Waals surface area contributed by atoms with E-state index in [1.165, 1.54) is 29.2 Å². The van der Waals surface area contributed by atoms with Crippen molar-refractivity contribution in [2.75, 3.05) is 33.4 Å². The predicted octanol–water partition coefficient (Wildman–Crippen LogP) is 3.14. The van der Waals surface area contributed by atoms with Crippen LogP contribution in [0.25, 0.3) is 0 Å². The van der Waals surface area contributed by atoms with Gasteiger partial charge >= 0.3 is 11.9 Å². The fourth-order valence-corrected chi connectivity index (χ4v) is 4.65. The molecule has 0 spiro atoms. The summed E-state index contributed by atoms with van der Waals surface area (Å²) in [6.45, 7) is 1.79. The molecule has 0 aromatic rings. The summed E-state index contributed by atoms with van der Waals surface area (Å²) < 4.78 is 10.9. The summed E-state index contributed by atoms with van der Waals surface area (Å²) in [7, 11) is 1.68. The van der Waals surface area contributed by atoms with Crippen molar-refractivity contribution in [3.63, 3.8) is 0 Å². The quantitative estimate of drug-likeness (QED) is 0.0844. The molecular weight excluding hydrogens is 504 g/mol. The fourth-order valence-electron chi connectivity index (χ4n) is 4.65. The Hall–Kier alpha value is -3.30. The highest BCUT2D eigenvalue weighted by Crippen LogP contribution is 2.29. The lowest BCUT2D eigenvalue weighted by molar-refractivity contribution is -0.147. The number of esters is 2. The van der Waals surface area contributed by atoms with Crippen LogP contribution in [0.15, 0.2) is 24.3 Å². The molecule has 0 radical (unpaired) electrons. The number of amides is 3. The van der Waals surface area contributed by atoms with Crippen LogP contribution in [0.3, 0.4) is 0 Å². The van der Waals surface area contributed by atoms with Crippen molar-refractivity contribution in [2.24, 2.45) is 11.8 Å². The Morgan fingerprint density at radius 3 is 1.87 bits per heavy atom. The molecular formula is C29H42N2O8. The van der Waals surface area contributed by atoms with Gasteiger partial charge in [-0.05, 0) is 69.3 Å². The maximum Gasteiger partial charge on any atom is 0.305 e. The molecule has 1 saturated carbocycles. The molecule has 3 amide bonds. The first-order valence-electron chi connectivity index (χ1n) is 14.0. The number of likely N-dealkylation sites (N-methyl/N-ethyl adjacent to an activating group) is 1. The van der Waals surface area contributed by atoms with E-state index < -0.39 is 0 Å². The van der Waals surface area contributed by atoms with Crippen molar-refractivity contribution in [3.05, 3.63) is 24.3 Å². The Balaban J connectivity index is 1.43. The van der Waals surface area contributed by atoms with Gasteiger partial charge in [-0.25, -0.2) is 0 Å². The molecule has 0 atom stereocenters. The number of rotatable bonds is 18. The first-order chi connectivity index (χ1) is 18.8. The van der Waals surface area contributed by atoms with E-state index in [0.717, 1.165) is 44.9 Å². The first kappa shape index (κ1) is 31.9. The number of nitrogens with zero attached hydrogens (tertiary/aromatic N) is 2. The summed E-state index contributed by atoms with van der Waals surface area (Å²) in [6.07, 6.45) is 14.4. The molecule has 1 fully saturated rings. The second kappa shape index (κ2) is 18.1. The minimum absolute atomic E-state index is 0.195. The number of allylic oxidation sites excluding steroid dienone is 1. The van der Waals surface area contributed by atoms with Gasteiger partial charge in [0.1, 0.15) is 6.29 Å². The van der Waals surface area contributed by atoms with E-state index in [0.29, 0.717) is 76.5 Å². The van der Waals surface area contributed by atoms with Crippen molar-refractivity contribution in [1.29, 1.82) is 0 Å². The van der Waals surface area contributed by atoms with Gasteiger partial charge in [-0.15, -0.1) is 0 Å². The maximum absolute atomic E-state index is 12.1. The standard InChI is InChI=1S/C29H42N2O8/c1-30(25(33)9-8-20-32)18-6-2-4-10-28(36)38-21-23-12-14-24(15-13-23)22-39-29(37)11-5-3-7-19-31-26(34)16-17-27(31)35/h8-9,16-17,20,23-24H,2-7,10-15,18-19,21-22H2,1H3/b9-8-. The van der Waals surface area contributed by atoms with Crippen LogP contribution in [-0.4, -0.2) is 79.1 Å². The van der Waals surface area contributed by atoms with Gasteiger partial charge in [0, 0.05) is 51.2 Å². The Morgan fingerprint density at radius 1 is 0.846 bits per heavy atom. The topological polar surface area (TPSA) is 127 Å². The second-order valence-corrected chi connectivity index (χ2v) is 10.3. The average molecular weight is 547 g/mol. The minimum Gasteiger partial charge on any atom is -0.465 e. The summed E-state index contributed by atoms with van der Waals surface area (Å²) in [5, 5.41) is 0. The summed E-state index contributed by atoms with van der Waals surface area (Å²) in [5.41, 5.74) is 0. The van der Waals surface area contributed by atoms with Crippen LogP contribution >= 0.6 is 0 Å². The molecule has 0 saturated heterocycles. The summed E-state index contributed by atoms with van der Waals surface area (Å²) in [4.78, 5) is 71.8. The highest BCUT2D eigenvalue weighted by Gasteiger charge is 2.24. The summed E-state index contributed by atoms with van der Waals surface area (Å²) >= 11 is 0. The van der Waals surface area contributed by atoms with Gasteiger partial charge < -0.3 is 14.4 Å². The molecule has 2 rings (SSSR count). The van der Waals surface area contributed by atoms with Gasteiger partial charge in [0.05, 0.1) is 13.2 Å². The molecule has 1 aliphatic heterocycles. The zero-order chi connectivity index (χ0) is 28.5. The van der Waals surface area contributed by atoms with Gasteiger partial charge in [-0.3, -0.25) is 33.7 Å². The lowest BCUT2D eigenvalue weighted by Crippen LogP contribution is -2.30. The molecule has 10 heteroatoms. The van der Waals surface area contributed by atoms with Crippen molar-refractivity contribution >= 4 is 35.9 Å². The highest BCUT2D eigenvalue weighted by atomic mass is 16.5. The maximum atomic E-state index is 12.1. The zero-order valence-corrected chi connectivity index (χ0v) is 23.0. The predicted molar refractivity (Wildman–Crippen MR) is 143 cm³/mol. The van der Waals surface area contributed by atoms with Gasteiger partial charge in [-0.2, -0.15) is 0 Å². The number of ether oxygens (including phenoxy) is 2. The van der Waals surface area contributed by atoms with Crippen molar-refractivity contribution in [1.82, 2.24) is 9.80 Å². The van der Waals surface area contributed by atoms with Crippen LogP contribution in [0.1, 0.15) is 77.0 Å². The molecule has 0 unspecified atom stereocenters. The summed E-state index contributed by atoms with van der Waals surface area (Å²) in [6, 6.07) is 0. The first-order valence-corrected chi connectivity index (χ1v) is 14.0. The number of hydrogen-bond donors (Lipinski definition) is 0. The lowest BCUT2D eigenvalue weighted by atomic mass is 9.83. The van der Waals surface area contributed by atoms with E-state index in [-0.39, 0.29) is 29.7 Å². The van der Waals surface area contributed by atoms with Crippen LogP contribution in [-0.2, 0) is 38.2 Å². The Bertz CT molecular complexity index is 887. The number of imide groups is 1. The molecule has 2 aliphatic rings. The van der Waals surface area contributed by atoms with Crippen LogP contribution < -0.4 is 0 Å². The molecule has 0 aromatic heterocycles. The van der Waals surface area contributed by atoms with Gasteiger partial charge in [-0.1, -0.05) is 12.8 Å². The minimum atomic E-state index is -0.277. The second-order valence-electron chi connectivity index (χ2n) is 10.3. The van der Waals surface area contributed by atoms with Crippen molar-refractivity contribution in [2.45, 2.75) is 77.0 Å². The van der Waals surface area contributed by atoms with Gasteiger partial charge in [0.2, 0.25) is 5.91 Å². The fraction of sp³-hybridized carbons (Fsp3) is 0.655. The molecule has 0 N–H and O–H groups in total. The van der Waals surface area contributed by atoms with Crippen LogP contribution in [0.4, 0.5) is 0 Å². The Kier molecular flexibility index (Phi) is 14.8. The Labute approximate surface area is 230 Å². The monoisotopic (exact) mass is 546 g/mol. The zero-order valence-electron chi connectivity index (χ0n) is 23.0. The van der Waals surface area contributed by atoms with Crippen molar-refractivity contribution < 1.29 is 38.2 Å². The normalized spacial score (nSPS) is 18.9. The van der Waals surface area contributed by atoms with E-state index >= 15 is 0 Å². The number of carbonyl (C=O) groups is 6. The van der Waals surface area contributed by atoms with E-state index in [4.69, 9.17) is 9.47 Å². The molecule has 0 bridgehead atoms. The smallest absolute Gasteiger partial charge is 0.305 e. The van der Waals surface area contributed by atoms with E-state index in [1.807, 2.05) is 0 Å². The van der Waals surface area contributed by atoms with Crippen LogP contribution in [0, 0.1) is 11.8 Å². The molecule has 216 valence electrons. The highest BCUT2D eigenvalue weighted by molar-refractivity contribution is 6.12. The third-order valence-electron chi connectivity index (χ3n) is 7.16. The number of carbonyl (C=O) groups excluding carboxylic acids is 6. The molecule has 39 heavy (non-hydrogen) atoms. The SMILES string of the molecule is CN(CCCCCC(=O)OCC1CCC(COC(=O)CCCCCN2C(=O)C=CC2=O)CC1)C(=O)/C=C\C=O. The average Bonchev–Trinajstić information content (AvgIpc) is 3.25. The number of aldehydes is 1. The third kappa shape index (κ3) is 12.9. The van der Waals surface area contributed by atoms with Gasteiger partial charge in [0.25, 0.3) is 11.8 Å². The van der Waals surface area contributed by atoms with E-state index in [2.05, 4.69) is 0 Å².